The van der Waals surface area contributed by atoms with Crippen LogP contribution in [0.1, 0.15) is 38.5 Å². The standard InChI is InChI=1S/C18H22N2O4/c1-24-16(23)17-6-11-5-12(7-17)9-18(8-11,10-17)20-15(22)13-3-2-4-19-14(13)21/h2-4,11-13H,5-10H2,1H3,(H,20,22). The predicted molar refractivity (Wildman–Crippen MR) is 86.1 cm³/mol. The van der Waals surface area contributed by atoms with Crippen molar-refractivity contribution in [2.24, 2.45) is 28.2 Å². The molecular weight excluding hydrogens is 308 g/mol. The topological polar surface area (TPSA) is 84.8 Å². The number of esters is 1. The Morgan fingerprint density at radius 2 is 1.96 bits per heavy atom. The molecule has 3 unspecified atom stereocenters. The van der Waals surface area contributed by atoms with Crippen LogP contribution in [0.15, 0.2) is 17.1 Å². The molecule has 0 saturated heterocycles. The van der Waals surface area contributed by atoms with E-state index in [-0.39, 0.29) is 17.4 Å². The third-order valence-corrected chi connectivity index (χ3v) is 6.21. The van der Waals surface area contributed by atoms with Gasteiger partial charge in [-0.25, -0.2) is 4.99 Å². The highest BCUT2D eigenvalue weighted by atomic mass is 16.5. The lowest BCUT2D eigenvalue weighted by Crippen LogP contribution is -2.65. The molecule has 6 heteroatoms. The first-order chi connectivity index (χ1) is 11.5. The fourth-order valence-electron chi connectivity index (χ4n) is 5.84. The lowest BCUT2D eigenvalue weighted by Gasteiger charge is -2.60. The number of dihydropyridines is 1. The summed E-state index contributed by atoms with van der Waals surface area (Å²) in [5, 5.41) is 3.14. The third-order valence-electron chi connectivity index (χ3n) is 6.21. The molecule has 3 atom stereocenters. The highest BCUT2D eigenvalue weighted by Crippen LogP contribution is 2.62. The van der Waals surface area contributed by atoms with Gasteiger partial charge in [0.2, 0.25) is 5.91 Å². The van der Waals surface area contributed by atoms with Gasteiger partial charge in [0.25, 0.3) is 5.91 Å². The molecule has 4 saturated carbocycles. The maximum absolute atomic E-state index is 12.7. The molecule has 2 amide bonds. The number of carbonyl (C=O) groups is 3. The molecule has 0 spiro atoms. The van der Waals surface area contributed by atoms with Crippen molar-refractivity contribution in [3.05, 3.63) is 12.2 Å². The van der Waals surface area contributed by atoms with Gasteiger partial charge in [-0.3, -0.25) is 14.4 Å². The average molecular weight is 330 g/mol. The molecule has 4 bridgehead atoms. The van der Waals surface area contributed by atoms with Crippen molar-refractivity contribution in [1.82, 2.24) is 5.32 Å². The van der Waals surface area contributed by atoms with Gasteiger partial charge in [0.15, 0.2) is 0 Å². The fourth-order valence-corrected chi connectivity index (χ4v) is 5.84. The summed E-state index contributed by atoms with van der Waals surface area (Å²) in [6.45, 7) is 0. The van der Waals surface area contributed by atoms with E-state index in [9.17, 15) is 14.4 Å². The first-order valence-electron chi connectivity index (χ1n) is 8.60. The lowest BCUT2D eigenvalue weighted by atomic mass is 9.47. The predicted octanol–water partition coefficient (Wildman–Crippen LogP) is 1.40. The van der Waals surface area contributed by atoms with E-state index in [0.717, 1.165) is 32.1 Å². The van der Waals surface area contributed by atoms with Crippen molar-refractivity contribution in [3.63, 3.8) is 0 Å². The van der Waals surface area contributed by atoms with Gasteiger partial charge >= 0.3 is 5.97 Å². The molecule has 4 fully saturated rings. The number of nitrogens with one attached hydrogen (secondary N) is 1. The van der Waals surface area contributed by atoms with Crippen LogP contribution < -0.4 is 5.32 Å². The first kappa shape index (κ1) is 15.5. The van der Waals surface area contributed by atoms with Gasteiger partial charge < -0.3 is 10.1 Å². The number of methoxy groups -OCH3 is 1. The summed E-state index contributed by atoms with van der Waals surface area (Å²) in [6.07, 6.45) is 9.87. The van der Waals surface area contributed by atoms with Gasteiger partial charge in [-0.1, -0.05) is 6.08 Å². The summed E-state index contributed by atoms with van der Waals surface area (Å²) in [7, 11) is 1.44. The van der Waals surface area contributed by atoms with E-state index in [1.54, 1.807) is 12.2 Å². The minimum Gasteiger partial charge on any atom is -0.469 e. The number of allylic oxidation sites excluding steroid dienone is 1. The van der Waals surface area contributed by atoms with Crippen molar-refractivity contribution >= 4 is 24.0 Å². The number of carbonyl (C=O) groups excluding carboxylic acids is 3. The molecular formula is C18H22N2O4. The molecule has 4 aliphatic carbocycles. The summed E-state index contributed by atoms with van der Waals surface area (Å²) in [6, 6.07) is 0. The van der Waals surface area contributed by atoms with Gasteiger partial charge in [0.1, 0.15) is 5.92 Å². The number of rotatable bonds is 3. The average Bonchev–Trinajstić information content (AvgIpc) is 2.52. The van der Waals surface area contributed by atoms with Crippen molar-refractivity contribution < 1.29 is 19.1 Å². The van der Waals surface area contributed by atoms with Crippen LogP contribution in [0.5, 0.6) is 0 Å². The van der Waals surface area contributed by atoms with Crippen LogP contribution in [0.2, 0.25) is 0 Å². The van der Waals surface area contributed by atoms with Crippen molar-refractivity contribution in [3.8, 4) is 0 Å². The molecule has 5 rings (SSSR count). The zero-order valence-corrected chi connectivity index (χ0v) is 13.8. The zero-order chi connectivity index (χ0) is 16.9. The maximum Gasteiger partial charge on any atom is 0.311 e. The van der Waals surface area contributed by atoms with Crippen LogP contribution in [-0.4, -0.2) is 36.6 Å². The third kappa shape index (κ3) is 2.31. The summed E-state index contributed by atoms with van der Waals surface area (Å²) in [5.74, 6) is -0.828. The highest BCUT2D eigenvalue weighted by molar-refractivity contribution is 6.07. The Balaban J connectivity index is 1.57. The van der Waals surface area contributed by atoms with Gasteiger partial charge in [-0.05, 0) is 56.4 Å². The second-order valence-electron chi connectivity index (χ2n) is 7.98. The molecule has 128 valence electrons. The van der Waals surface area contributed by atoms with Crippen LogP contribution in [-0.2, 0) is 19.1 Å². The largest absolute Gasteiger partial charge is 0.469 e. The van der Waals surface area contributed by atoms with Crippen molar-refractivity contribution in [2.75, 3.05) is 7.11 Å². The highest BCUT2D eigenvalue weighted by Gasteiger charge is 2.61. The Hall–Kier alpha value is -1.98. The van der Waals surface area contributed by atoms with E-state index >= 15 is 0 Å². The number of aliphatic imine (C=N–C) groups is 1. The number of hydrogen-bond acceptors (Lipinski definition) is 4. The SMILES string of the molecule is COC(=O)C12CC3CC(CC(NC(=O)C4C=CC=NC4=O)(C3)C1)C2. The summed E-state index contributed by atoms with van der Waals surface area (Å²) in [4.78, 5) is 40.6. The molecule has 0 aromatic rings. The molecule has 1 aliphatic heterocycles. The second kappa shape index (κ2) is 5.26. The van der Waals surface area contributed by atoms with Crippen LogP contribution in [0, 0.1) is 23.2 Å². The van der Waals surface area contributed by atoms with Crippen LogP contribution in [0.3, 0.4) is 0 Å². The maximum atomic E-state index is 12.7. The minimum absolute atomic E-state index is 0.145. The van der Waals surface area contributed by atoms with E-state index in [2.05, 4.69) is 10.3 Å². The Kier molecular flexibility index (Phi) is 3.41. The van der Waals surface area contributed by atoms with Crippen molar-refractivity contribution in [2.45, 2.75) is 44.1 Å². The van der Waals surface area contributed by atoms with Gasteiger partial charge in [0, 0.05) is 11.8 Å². The van der Waals surface area contributed by atoms with E-state index < -0.39 is 17.2 Å². The first-order valence-corrected chi connectivity index (χ1v) is 8.60. The van der Waals surface area contributed by atoms with Crippen LogP contribution >= 0.6 is 0 Å². The molecule has 0 aromatic carbocycles. The molecule has 6 nitrogen and oxygen atoms in total. The molecule has 1 heterocycles. The summed E-state index contributed by atoms with van der Waals surface area (Å²) in [5.41, 5.74) is -0.846. The molecule has 5 aliphatic rings. The Labute approximate surface area is 140 Å². The summed E-state index contributed by atoms with van der Waals surface area (Å²) >= 11 is 0. The zero-order valence-electron chi connectivity index (χ0n) is 13.8. The number of nitrogens with zero attached hydrogens (tertiary/aromatic N) is 1. The lowest BCUT2D eigenvalue weighted by molar-refractivity contribution is -0.173. The number of hydrogen-bond donors (Lipinski definition) is 1. The van der Waals surface area contributed by atoms with Crippen molar-refractivity contribution in [1.29, 1.82) is 0 Å². The minimum atomic E-state index is -0.850. The molecule has 1 N–H and O–H groups in total. The van der Waals surface area contributed by atoms with Gasteiger partial charge in [-0.2, -0.15) is 0 Å². The number of ether oxygens (including phenoxy) is 1. The molecule has 0 radical (unpaired) electrons. The second-order valence-corrected chi connectivity index (χ2v) is 7.98. The summed E-state index contributed by atoms with van der Waals surface area (Å²) < 4.78 is 5.08. The fraction of sp³-hybridized carbons (Fsp3) is 0.667. The van der Waals surface area contributed by atoms with Gasteiger partial charge in [0.05, 0.1) is 12.5 Å². The quantitative estimate of drug-likeness (QED) is 0.626. The van der Waals surface area contributed by atoms with E-state index in [0.29, 0.717) is 18.3 Å². The Morgan fingerprint density at radius 1 is 1.25 bits per heavy atom. The Bertz CT molecular complexity index is 652. The van der Waals surface area contributed by atoms with E-state index in [1.807, 2.05) is 0 Å². The van der Waals surface area contributed by atoms with Gasteiger partial charge in [-0.15, -0.1) is 0 Å². The Morgan fingerprint density at radius 3 is 2.58 bits per heavy atom. The smallest absolute Gasteiger partial charge is 0.311 e. The van der Waals surface area contributed by atoms with Crippen LogP contribution in [0.25, 0.3) is 0 Å². The normalized spacial score (nSPS) is 42.2. The van der Waals surface area contributed by atoms with E-state index in [4.69, 9.17) is 4.74 Å². The molecule has 0 aromatic heterocycles. The van der Waals surface area contributed by atoms with E-state index in [1.165, 1.54) is 13.3 Å². The monoisotopic (exact) mass is 330 g/mol. The number of amides is 2. The van der Waals surface area contributed by atoms with Crippen LogP contribution in [0.4, 0.5) is 0 Å². The molecule has 24 heavy (non-hydrogen) atoms.